The molecular weight excluding hydrogens is 366 g/mol. The largest absolute Gasteiger partial charge is 0.493 e. The highest BCUT2D eigenvalue weighted by Gasteiger charge is 2.17. The first-order valence-corrected chi connectivity index (χ1v) is 8.18. The van der Waals surface area contributed by atoms with E-state index in [4.69, 9.17) is 14.0 Å². The van der Waals surface area contributed by atoms with Crippen LogP contribution in [0.4, 0.5) is 11.4 Å². The zero-order valence-corrected chi connectivity index (χ0v) is 15.4. The van der Waals surface area contributed by atoms with Gasteiger partial charge in [-0.1, -0.05) is 11.2 Å². The molecule has 0 fully saturated rings. The molecule has 3 rings (SSSR count). The van der Waals surface area contributed by atoms with E-state index in [9.17, 15) is 14.9 Å². The van der Waals surface area contributed by atoms with Crippen LogP contribution in [0.15, 0.2) is 47.0 Å². The summed E-state index contributed by atoms with van der Waals surface area (Å²) in [6.45, 7) is 1.73. The monoisotopic (exact) mass is 383 g/mol. The standard InChI is InChI=1S/C19H17N3O6/c1-11-4-6-13(22(24)25)9-14(11)20-19(23)15-10-17(28-21-15)12-5-7-16(26-2)18(8-12)27-3/h4-10H,1-3H3,(H,20,23). The number of carbonyl (C=O) groups excluding carboxylic acids is 1. The van der Waals surface area contributed by atoms with Gasteiger partial charge in [-0.15, -0.1) is 0 Å². The maximum Gasteiger partial charge on any atom is 0.277 e. The van der Waals surface area contributed by atoms with Crippen LogP contribution in [0.5, 0.6) is 11.5 Å². The first-order valence-electron chi connectivity index (χ1n) is 8.18. The Morgan fingerprint density at radius 2 is 1.86 bits per heavy atom. The summed E-state index contributed by atoms with van der Waals surface area (Å²) in [5.74, 6) is 0.889. The van der Waals surface area contributed by atoms with Gasteiger partial charge >= 0.3 is 0 Å². The lowest BCUT2D eigenvalue weighted by molar-refractivity contribution is -0.384. The van der Waals surface area contributed by atoms with Gasteiger partial charge in [-0.2, -0.15) is 0 Å². The smallest absolute Gasteiger partial charge is 0.277 e. The predicted molar refractivity (Wildman–Crippen MR) is 101 cm³/mol. The summed E-state index contributed by atoms with van der Waals surface area (Å²) in [4.78, 5) is 22.9. The number of nitro groups is 1. The highest BCUT2D eigenvalue weighted by atomic mass is 16.6. The second-order valence-corrected chi connectivity index (χ2v) is 5.86. The van der Waals surface area contributed by atoms with Crippen LogP contribution in [0.2, 0.25) is 0 Å². The molecule has 0 aliphatic heterocycles. The van der Waals surface area contributed by atoms with E-state index in [0.717, 1.165) is 0 Å². The van der Waals surface area contributed by atoms with E-state index in [2.05, 4.69) is 10.5 Å². The van der Waals surface area contributed by atoms with Crippen LogP contribution in [0.3, 0.4) is 0 Å². The highest BCUT2D eigenvalue weighted by molar-refractivity contribution is 6.03. The van der Waals surface area contributed by atoms with Gasteiger partial charge in [0.25, 0.3) is 11.6 Å². The third-order valence-corrected chi connectivity index (χ3v) is 4.09. The molecule has 9 nitrogen and oxygen atoms in total. The Kier molecular flexibility index (Phi) is 5.25. The number of hydrogen-bond acceptors (Lipinski definition) is 7. The first-order chi connectivity index (χ1) is 13.4. The van der Waals surface area contributed by atoms with Crippen LogP contribution in [0.25, 0.3) is 11.3 Å². The molecule has 1 aromatic heterocycles. The summed E-state index contributed by atoms with van der Waals surface area (Å²) in [5.41, 5.74) is 1.58. The number of anilines is 1. The minimum atomic E-state index is -0.543. The second-order valence-electron chi connectivity index (χ2n) is 5.86. The van der Waals surface area contributed by atoms with Crippen LogP contribution in [0.1, 0.15) is 16.1 Å². The molecule has 144 valence electrons. The number of rotatable bonds is 6. The van der Waals surface area contributed by atoms with Gasteiger partial charge in [-0.3, -0.25) is 14.9 Å². The second kappa shape index (κ2) is 7.78. The third-order valence-electron chi connectivity index (χ3n) is 4.09. The van der Waals surface area contributed by atoms with Crippen molar-refractivity contribution in [1.29, 1.82) is 0 Å². The Morgan fingerprint density at radius 1 is 1.11 bits per heavy atom. The molecule has 0 saturated heterocycles. The number of amides is 1. The minimum absolute atomic E-state index is 0.0377. The molecule has 0 aliphatic rings. The van der Waals surface area contributed by atoms with E-state index in [1.807, 2.05) is 0 Å². The average Bonchev–Trinajstić information content (AvgIpc) is 3.19. The molecule has 3 aromatic rings. The number of benzene rings is 2. The van der Waals surface area contributed by atoms with Gasteiger partial charge < -0.3 is 19.3 Å². The van der Waals surface area contributed by atoms with Crippen molar-refractivity contribution in [2.75, 3.05) is 19.5 Å². The third kappa shape index (κ3) is 3.78. The fourth-order valence-electron chi connectivity index (χ4n) is 2.55. The lowest BCUT2D eigenvalue weighted by Crippen LogP contribution is -2.13. The van der Waals surface area contributed by atoms with Crippen molar-refractivity contribution in [2.24, 2.45) is 0 Å². The lowest BCUT2D eigenvalue weighted by atomic mass is 10.1. The molecule has 0 spiro atoms. The van der Waals surface area contributed by atoms with Crippen molar-refractivity contribution in [3.05, 3.63) is 63.8 Å². The van der Waals surface area contributed by atoms with Crippen molar-refractivity contribution >= 4 is 17.3 Å². The predicted octanol–water partition coefficient (Wildman–Crippen LogP) is 3.83. The maximum absolute atomic E-state index is 12.5. The quantitative estimate of drug-likeness (QED) is 0.508. The van der Waals surface area contributed by atoms with E-state index in [1.54, 1.807) is 31.2 Å². The molecule has 0 bridgehead atoms. The van der Waals surface area contributed by atoms with E-state index in [-0.39, 0.29) is 11.4 Å². The molecule has 0 radical (unpaired) electrons. The van der Waals surface area contributed by atoms with Gasteiger partial charge in [-0.05, 0) is 30.7 Å². The number of ether oxygens (including phenoxy) is 2. The molecule has 1 heterocycles. The number of hydrogen-bond donors (Lipinski definition) is 1. The van der Waals surface area contributed by atoms with Gasteiger partial charge in [0, 0.05) is 23.8 Å². The fourth-order valence-corrected chi connectivity index (χ4v) is 2.55. The Balaban J connectivity index is 1.83. The number of nitrogens with one attached hydrogen (secondary N) is 1. The van der Waals surface area contributed by atoms with Crippen LogP contribution >= 0.6 is 0 Å². The Morgan fingerprint density at radius 3 is 2.54 bits per heavy atom. The Hall–Kier alpha value is -3.88. The number of aromatic nitrogens is 1. The number of nitrogens with zero attached hydrogens (tertiary/aromatic N) is 2. The topological polar surface area (TPSA) is 117 Å². The Labute approximate surface area is 160 Å². The summed E-state index contributed by atoms with van der Waals surface area (Å²) in [7, 11) is 3.05. The van der Waals surface area contributed by atoms with Gasteiger partial charge in [0.05, 0.1) is 24.8 Å². The van der Waals surface area contributed by atoms with E-state index in [0.29, 0.717) is 34.1 Å². The molecular formula is C19H17N3O6. The van der Waals surface area contributed by atoms with Crippen LogP contribution < -0.4 is 14.8 Å². The summed E-state index contributed by atoms with van der Waals surface area (Å²) in [6.07, 6.45) is 0. The summed E-state index contributed by atoms with van der Waals surface area (Å²) in [5, 5.41) is 17.3. The fraction of sp³-hybridized carbons (Fsp3) is 0.158. The van der Waals surface area contributed by atoms with Gasteiger partial charge in [-0.25, -0.2) is 0 Å². The number of aryl methyl sites for hydroxylation is 1. The van der Waals surface area contributed by atoms with E-state index < -0.39 is 10.8 Å². The molecule has 0 atom stereocenters. The van der Waals surface area contributed by atoms with Crippen molar-refractivity contribution in [1.82, 2.24) is 5.16 Å². The summed E-state index contributed by atoms with van der Waals surface area (Å²) >= 11 is 0. The van der Waals surface area contributed by atoms with E-state index >= 15 is 0 Å². The van der Waals surface area contributed by atoms with E-state index in [1.165, 1.54) is 32.4 Å². The zero-order chi connectivity index (χ0) is 20.3. The van der Waals surface area contributed by atoms with Crippen LogP contribution in [-0.4, -0.2) is 30.2 Å². The van der Waals surface area contributed by atoms with Crippen LogP contribution in [0, 0.1) is 17.0 Å². The van der Waals surface area contributed by atoms with Crippen molar-refractivity contribution < 1.29 is 23.7 Å². The Bertz CT molecular complexity index is 1040. The number of nitro benzene ring substituents is 1. The zero-order valence-electron chi connectivity index (χ0n) is 15.4. The molecule has 2 aromatic carbocycles. The van der Waals surface area contributed by atoms with Crippen LogP contribution in [-0.2, 0) is 0 Å². The van der Waals surface area contributed by atoms with Gasteiger partial charge in [0.2, 0.25) is 0 Å². The summed E-state index contributed by atoms with van der Waals surface area (Å²) in [6, 6.07) is 10.9. The van der Waals surface area contributed by atoms with Gasteiger partial charge in [0.15, 0.2) is 23.0 Å². The van der Waals surface area contributed by atoms with Crippen molar-refractivity contribution in [3.63, 3.8) is 0 Å². The molecule has 28 heavy (non-hydrogen) atoms. The molecule has 0 aliphatic carbocycles. The molecule has 1 amide bonds. The normalized spacial score (nSPS) is 10.4. The number of non-ortho nitro benzene ring substituents is 1. The maximum atomic E-state index is 12.5. The molecule has 0 unspecified atom stereocenters. The average molecular weight is 383 g/mol. The van der Waals surface area contributed by atoms with Crippen molar-refractivity contribution in [2.45, 2.75) is 6.92 Å². The summed E-state index contributed by atoms with van der Waals surface area (Å²) < 4.78 is 15.7. The lowest BCUT2D eigenvalue weighted by Gasteiger charge is -2.07. The molecule has 9 heteroatoms. The molecule has 0 saturated carbocycles. The molecule has 1 N–H and O–H groups in total. The number of carbonyl (C=O) groups is 1. The first kappa shape index (κ1) is 18.9. The number of methoxy groups -OCH3 is 2. The highest BCUT2D eigenvalue weighted by Crippen LogP contribution is 2.32. The van der Waals surface area contributed by atoms with Crippen molar-refractivity contribution in [3.8, 4) is 22.8 Å². The minimum Gasteiger partial charge on any atom is -0.493 e. The van der Waals surface area contributed by atoms with Gasteiger partial charge in [0.1, 0.15) is 0 Å². The SMILES string of the molecule is COc1ccc(-c2cc(C(=O)Nc3cc([N+](=O)[O-])ccc3C)no2)cc1OC.